The number of imidazole rings is 1. The van der Waals surface area contributed by atoms with Crippen LogP contribution in [-0.2, 0) is 25.5 Å². The van der Waals surface area contributed by atoms with Gasteiger partial charge in [0, 0.05) is 31.1 Å². The highest BCUT2D eigenvalue weighted by Crippen LogP contribution is 2.24. The van der Waals surface area contributed by atoms with Crippen LogP contribution in [0.25, 0.3) is 11.2 Å². The van der Waals surface area contributed by atoms with Gasteiger partial charge in [-0.05, 0) is 6.07 Å². The van der Waals surface area contributed by atoms with E-state index in [1.54, 1.807) is 24.0 Å². The fourth-order valence-corrected chi connectivity index (χ4v) is 3.38. The number of oxime groups is 1. The standard InChI is InChI=1S/C17H16ClN5O3/c1-21-15-14(16(24)22(2)17(21)25)23(9-19-15)8-10-7-13(20-26-10)11-5-3-4-6-12(11)18/h3-6,9-10H,7-8H2,1-2H3. The molecular weight excluding hydrogens is 358 g/mol. The molecule has 0 spiro atoms. The van der Waals surface area contributed by atoms with Crippen LogP contribution in [0.1, 0.15) is 12.0 Å². The van der Waals surface area contributed by atoms with E-state index in [4.69, 9.17) is 16.4 Å². The number of aryl methyl sites for hydroxylation is 1. The first-order chi connectivity index (χ1) is 12.5. The Hall–Kier alpha value is -2.87. The first-order valence-electron chi connectivity index (χ1n) is 8.06. The van der Waals surface area contributed by atoms with Crippen molar-refractivity contribution < 1.29 is 4.84 Å². The van der Waals surface area contributed by atoms with E-state index in [1.165, 1.54) is 11.6 Å². The Kier molecular flexibility index (Phi) is 3.91. The summed E-state index contributed by atoms with van der Waals surface area (Å²) < 4.78 is 4.13. The van der Waals surface area contributed by atoms with Crippen molar-refractivity contribution in [2.24, 2.45) is 19.3 Å². The Morgan fingerprint density at radius 1 is 1.23 bits per heavy atom. The summed E-state index contributed by atoms with van der Waals surface area (Å²) in [6.07, 6.45) is 1.86. The molecule has 1 aromatic carbocycles. The van der Waals surface area contributed by atoms with Gasteiger partial charge in [0.05, 0.1) is 18.6 Å². The maximum absolute atomic E-state index is 12.5. The minimum absolute atomic E-state index is 0.249. The second kappa shape index (κ2) is 6.14. The lowest BCUT2D eigenvalue weighted by Gasteiger charge is -2.10. The predicted molar refractivity (Wildman–Crippen MR) is 97.7 cm³/mol. The van der Waals surface area contributed by atoms with E-state index < -0.39 is 5.69 Å². The van der Waals surface area contributed by atoms with Gasteiger partial charge in [0.1, 0.15) is 0 Å². The highest BCUT2D eigenvalue weighted by Gasteiger charge is 2.25. The first-order valence-corrected chi connectivity index (χ1v) is 8.43. The van der Waals surface area contributed by atoms with Crippen molar-refractivity contribution in [3.8, 4) is 0 Å². The second-order valence-corrected chi connectivity index (χ2v) is 6.63. The maximum Gasteiger partial charge on any atom is 0.332 e. The monoisotopic (exact) mass is 373 g/mol. The highest BCUT2D eigenvalue weighted by molar-refractivity contribution is 6.34. The summed E-state index contributed by atoms with van der Waals surface area (Å²) in [7, 11) is 3.04. The van der Waals surface area contributed by atoms with Crippen LogP contribution in [0, 0.1) is 0 Å². The molecule has 0 radical (unpaired) electrons. The van der Waals surface area contributed by atoms with Gasteiger partial charge in [0.2, 0.25) is 0 Å². The molecule has 9 heteroatoms. The third kappa shape index (κ3) is 2.53. The largest absolute Gasteiger partial charge is 0.390 e. The average Bonchev–Trinajstić information content (AvgIpc) is 3.26. The van der Waals surface area contributed by atoms with Gasteiger partial charge in [-0.25, -0.2) is 9.78 Å². The quantitative estimate of drug-likeness (QED) is 0.692. The van der Waals surface area contributed by atoms with Gasteiger partial charge in [-0.1, -0.05) is 35.0 Å². The Balaban J connectivity index is 1.63. The average molecular weight is 374 g/mol. The number of halogens is 1. The number of nitrogens with zero attached hydrogens (tertiary/aromatic N) is 5. The van der Waals surface area contributed by atoms with E-state index in [2.05, 4.69) is 10.1 Å². The van der Waals surface area contributed by atoms with Gasteiger partial charge in [-0.2, -0.15) is 0 Å². The van der Waals surface area contributed by atoms with E-state index in [9.17, 15) is 9.59 Å². The number of fused-ring (bicyclic) bond motifs is 1. The molecule has 1 aliphatic heterocycles. The van der Waals surface area contributed by atoms with Crippen LogP contribution in [0.15, 0.2) is 45.3 Å². The summed E-state index contributed by atoms with van der Waals surface area (Å²) >= 11 is 6.22. The Morgan fingerprint density at radius 2 is 2.00 bits per heavy atom. The van der Waals surface area contributed by atoms with Crippen LogP contribution in [-0.4, -0.2) is 30.5 Å². The van der Waals surface area contributed by atoms with Gasteiger partial charge in [0.15, 0.2) is 17.3 Å². The first kappa shape index (κ1) is 16.6. The minimum atomic E-state index is -0.408. The number of hydrogen-bond acceptors (Lipinski definition) is 5. The molecule has 134 valence electrons. The molecule has 1 aliphatic rings. The van der Waals surface area contributed by atoms with Crippen molar-refractivity contribution in [3.63, 3.8) is 0 Å². The third-order valence-corrected chi connectivity index (χ3v) is 4.86. The molecule has 0 bridgehead atoms. The summed E-state index contributed by atoms with van der Waals surface area (Å²) in [4.78, 5) is 34.2. The molecule has 1 unspecified atom stereocenters. The molecule has 0 amide bonds. The van der Waals surface area contributed by atoms with Gasteiger partial charge in [0.25, 0.3) is 5.56 Å². The number of benzene rings is 1. The molecule has 0 saturated heterocycles. The molecular formula is C17H16ClN5O3. The van der Waals surface area contributed by atoms with Gasteiger partial charge < -0.3 is 9.40 Å². The van der Waals surface area contributed by atoms with Crippen molar-refractivity contribution in [3.05, 3.63) is 62.0 Å². The molecule has 0 aliphatic carbocycles. The number of hydrogen-bond donors (Lipinski definition) is 0. The van der Waals surface area contributed by atoms with E-state index in [0.29, 0.717) is 29.2 Å². The van der Waals surface area contributed by atoms with Crippen LogP contribution >= 0.6 is 11.6 Å². The van der Waals surface area contributed by atoms with Crippen LogP contribution in [0.3, 0.4) is 0 Å². The van der Waals surface area contributed by atoms with Crippen LogP contribution in [0.5, 0.6) is 0 Å². The van der Waals surface area contributed by atoms with Crippen molar-refractivity contribution in [1.82, 2.24) is 18.7 Å². The molecule has 8 nitrogen and oxygen atoms in total. The van der Waals surface area contributed by atoms with Crippen molar-refractivity contribution in [2.45, 2.75) is 19.1 Å². The minimum Gasteiger partial charge on any atom is -0.390 e. The molecule has 26 heavy (non-hydrogen) atoms. The fourth-order valence-electron chi connectivity index (χ4n) is 3.14. The lowest BCUT2D eigenvalue weighted by molar-refractivity contribution is 0.0733. The highest BCUT2D eigenvalue weighted by atomic mass is 35.5. The van der Waals surface area contributed by atoms with E-state index >= 15 is 0 Å². The van der Waals surface area contributed by atoms with Gasteiger partial charge in [-0.15, -0.1) is 0 Å². The van der Waals surface area contributed by atoms with Gasteiger partial charge >= 0.3 is 5.69 Å². The molecule has 2 aromatic heterocycles. The summed E-state index contributed by atoms with van der Waals surface area (Å²) in [5, 5.41) is 4.76. The zero-order valence-electron chi connectivity index (χ0n) is 14.2. The molecule has 3 aromatic rings. The molecule has 0 fully saturated rings. The van der Waals surface area contributed by atoms with E-state index in [1.807, 2.05) is 18.2 Å². The molecule has 3 heterocycles. The smallest absolute Gasteiger partial charge is 0.332 e. The zero-order chi connectivity index (χ0) is 18.4. The van der Waals surface area contributed by atoms with Crippen LogP contribution in [0.2, 0.25) is 5.02 Å². The van der Waals surface area contributed by atoms with Gasteiger partial charge in [-0.3, -0.25) is 13.9 Å². The Bertz CT molecular complexity index is 1160. The molecule has 0 saturated carbocycles. The van der Waals surface area contributed by atoms with E-state index in [-0.39, 0.29) is 11.7 Å². The van der Waals surface area contributed by atoms with Crippen LogP contribution in [0.4, 0.5) is 0 Å². The van der Waals surface area contributed by atoms with Crippen LogP contribution < -0.4 is 11.2 Å². The van der Waals surface area contributed by atoms with Crippen molar-refractivity contribution in [2.75, 3.05) is 0 Å². The topological polar surface area (TPSA) is 83.4 Å². The Labute approximate surface area is 152 Å². The summed E-state index contributed by atoms with van der Waals surface area (Å²) in [5.41, 5.74) is 1.53. The lowest BCUT2D eigenvalue weighted by Crippen LogP contribution is -2.37. The lowest BCUT2D eigenvalue weighted by atomic mass is 10.1. The van der Waals surface area contributed by atoms with Crippen molar-refractivity contribution >= 4 is 28.5 Å². The third-order valence-electron chi connectivity index (χ3n) is 4.54. The predicted octanol–water partition coefficient (Wildman–Crippen LogP) is 1.28. The fraction of sp³-hybridized carbons (Fsp3) is 0.294. The second-order valence-electron chi connectivity index (χ2n) is 6.22. The summed E-state index contributed by atoms with van der Waals surface area (Å²) in [5.74, 6) is 0. The SMILES string of the molecule is Cn1c(=O)c2c(ncn2CC2CC(c3ccccc3Cl)=NO2)n(C)c1=O. The number of rotatable bonds is 3. The molecule has 1 atom stereocenters. The Morgan fingerprint density at radius 3 is 2.77 bits per heavy atom. The normalized spacial score (nSPS) is 16.7. The molecule has 4 rings (SSSR count). The summed E-state index contributed by atoms with van der Waals surface area (Å²) in [6, 6.07) is 7.45. The zero-order valence-corrected chi connectivity index (χ0v) is 15.0. The van der Waals surface area contributed by atoms with Crippen molar-refractivity contribution in [1.29, 1.82) is 0 Å². The maximum atomic E-state index is 12.5. The summed E-state index contributed by atoms with van der Waals surface area (Å²) in [6.45, 7) is 0.390. The number of aromatic nitrogens is 4. The van der Waals surface area contributed by atoms with E-state index in [0.717, 1.165) is 15.8 Å². The molecule has 0 N–H and O–H groups in total.